The number of amides is 1. The Morgan fingerprint density at radius 1 is 1.05 bits per heavy atom. The van der Waals surface area contributed by atoms with Crippen molar-refractivity contribution in [3.05, 3.63) is 71.8 Å². The second kappa shape index (κ2) is 7.13. The van der Waals surface area contributed by atoms with Gasteiger partial charge in [0.05, 0.1) is 12.6 Å². The SMILES string of the molecule is O=C(C#Cc1ccccc1)N[C@@H](CO)c1ccccc1. The minimum Gasteiger partial charge on any atom is -0.394 e. The third-order valence-electron chi connectivity index (χ3n) is 2.78. The maximum atomic E-state index is 11.8. The summed E-state index contributed by atoms with van der Waals surface area (Å²) in [5.41, 5.74) is 1.63. The van der Waals surface area contributed by atoms with E-state index in [0.717, 1.165) is 11.1 Å². The van der Waals surface area contributed by atoms with Crippen molar-refractivity contribution in [1.82, 2.24) is 5.32 Å². The lowest BCUT2D eigenvalue weighted by Crippen LogP contribution is -2.29. The number of hydrogen-bond acceptors (Lipinski definition) is 2. The normalized spacial score (nSPS) is 11.1. The van der Waals surface area contributed by atoms with E-state index in [0.29, 0.717) is 0 Å². The third kappa shape index (κ3) is 3.98. The summed E-state index contributed by atoms with van der Waals surface area (Å²) < 4.78 is 0. The third-order valence-corrected chi connectivity index (χ3v) is 2.78. The standard InChI is InChI=1S/C17H15NO2/c19-13-16(15-9-5-2-6-10-15)18-17(20)12-11-14-7-3-1-4-8-14/h1-10,16,19H,13H2,(H,18,20)/t16-/m0/s1. The molecule has 1 atom stereocenters. The summed E-state index contributed by atoms with van der Waals surface area (Å²) >= 11 is 0. The number of carbonyl (C=O) groups excluding carboxylic acids is 1. The van der Waals surface area contributed by atoms with E-state index in [-0.39, 0.29) is 6.61 Å². The topological polar surface area (TPSA) is 49.3 Å². The predicted molar refractivity (Wildman–Crippen MR) is 77.7 cm³/mol. The Morgan fingerprint density at radius 3 is 2.25 bits per heavy atom. The van der Waals surface area contributed by atoms with Crippen molar-refractivity contribution < 1.29 is 9.90 Å². The molecule has 0 unspecified atom stereocenters. The molecular weight excluding hydrogens is 250 g/mol. The highest BCUT2D eigenvalue weighted by atomic mass is 16.3. The zero-order valence-corrected chi connectivity index (χ0v) is 10.9. The Labute approximate surface area is 118 Å². The first kappa shape index (κ1) is 13.9. The van der Waals surface area contributed by atoms with Gasteiger partial charge in [0.25, 0.3) is 5.91 Å². The Kier molecular flexibility index (Phi) is 4.94. The van der Waals surface area contributed by atoms with Crippen LogP contribution in [0, 0.1) is 11.8 Å². The average Bonchev–Trinajstić information content (AvgIpc) is 2.52. The quantitative estimate of drug-likeness (QED) is 0.833. The minimum atomic E-state index is -0.436. The van der Waals surface area contributed by atoms with Crippen molar-refractivity contribution in [2.24, 2.45) is 0 Å². The van der Waals surface area contributed by atoms with Gasteiger partial charge >= 0.3 is 0 Å². The van der Waals surface area contributed by atoms with Crippen LogP contribution in [0.2, 0.25) is 0 Å². The first-order valence-corrected chi connectivity index (χ1v) is 6.33. The summed E-state index contributed by atoms with van der Waals surface area (Å²) in [6.07, 6.45) is 0. The molecule has 2 rings (SSSR count). The van der Waals surface area contributed by atoms with Crippen molar-refractivity contribution in [3.8, 4) is 11.8 Å². The smallest absolute Gasteiger partial charge is 0.296 e. The van der Waals surface area contributed by atoms with Gasteiger partial charge in [-0.05, 0) is 17.7 Å². The lowest BCUT2D eigenvalue weighted by atomic mass is 10.1. The van der Waals surface area contributed by atoms with Crippen LogP contribution in [0.15, 0.2) is 60.7 Å². The molecule has 20 heavy (non-hydrogen) atoms. The highest BCUT2D eigenvalue weighted by molar-refractivity contribution is 5.94. The fraction of sp³-hybridized carbons (Fsp3) is 0.118. The molecule has 100 valence electrons. The number of rotatable bonds is 3. The first-order valence-electron chi connectivity index (χ1n) is 6.33. The summed E-state index contributed by atoms with van der Waals surface area (Å²) in [6, 6.07) is 18.2. The zero-order valence-electron chi connectivity index (χ0n) is 10.9. The van der Waals surface area contributed by atoms with Gasteiger partial charge in [-0.25, -0.2) is 0 Å². The van der Waals surface area contributed by atoms with Crippen LogP contribution in [-0.2, 0) is 4.79 Å². The van der Waals surface area contributed by atoms with Crippen LogP contribution in [0.4, 0.5) is 0 Å². The van der Waals surface area contributed by atoms with Crippen LogP contribution >= 0.6 is 0 Å². The van der Waals surface area contributed by atoms with Crippen LogP contribution in [0.3, 0.4) is 0 Å². The Hall–Kier alpha value is -2.57. The molecule has 1 amide bonds. The van der Waals surface area contributed by atoms with Crippen LogP contribution in [0.25, 0.3) is 0 Å². The van der Waals surface area contributed by atoms with Crippen molar-refractivity contribution in [1.29, 1.82) is 0 Å². The van der Waals surface area contributed by atoms with E-state index < -0.39 is 11.9 Å². The summed E-state index contributed by atoms with van der Waals surface area (Å²) in [5.74, 6) is 4.90. The van der Waals surface area contributed by atoms with Crippen molar-refractivity contribution in [2.75, 3.05) is 6.61 Å². The van der Waals surface area contributed by atoms with Crippen LogP contribution < -0.4 is 5.32 Å². The van der Waals surface area contributed by atoms with Gasteiger partial charge in [0.15, 0.2) is 0 Å². The Morgan fingerprint density at radius 2 is 1.65 bits per heavy atom. The van der Waals surface area contributed by atoms with Gasteiger partial charge in [-0.3, -0.25) is 4.79 Å². The fourth-order valence-electron chi connectivity index (χ4n) is 1.76. The number of carbonyl (C=O) groups is 1. The minimum absolute atomic E-state index is 0.164. The van der Waals surface area contributed by atoms with E-state index in [2.05, 4.69) is 17.2 Å². The van der Waals surface area contributed by atoms with Gasteiger partial charge in [0.2, 0.25) is 0 Å². The van der Waals surface area contributed by atoms with Gasteiger partial charge in [0, 0.05) is 11.5 Å². The number of nitrogens with one attached hydrogen (secondary N) is 1. The Bertz CT molecular complexity index is 612. The van der Waals surface area contributed by atoms with Crippen molar-refractivity contribution >= 4 is 5.91 Å². The molecule has 0 aliphatic heterocycles. The Balaban J connectivity index is 2.02. The average molecular weight is 265 g/mol. The molecule has 2 aromatic carbocycles. The van der Waals surface area contributed by atoms with E-state index in [1.165, 1.54) is 0 Å². The largest absolute Gasteiger partial charge is 0.394 e. The highest BCUT2D eigenvalue weighted by Crippen LogP contribution is 2.10. The monoisotopic (exact) mass is 265 g/mol. The maximum absolute atomic E-state index is 11.8. The first-order chi connectivity index (χ1) is 9.79. The van der Waals surface area contributed by atoms with E-state index in [1.54, 1.807) is 0 Å². The van der Waals surface area contributed by atoms with Gasteiger partial charge in [-0.1, -0.05) is 54.5 Å². The number of aliphatic hydroxyl groups is 1. The molecule has 0 heterocycles. The van der Waals surface area contributed by atoms with Crippen LogP contribution in [0.5, 0.6) is 0 Å². The summed E-state index contributed by atoms with van der Waals surface area (Å²) in [7, 11) is 0. The van der Waals surface area contributed by atoms with Crippen molar-refractivity contribution in [2.45, 2.75) is 6.04 Å². The van der Waals surface area contributed by atoms with Crippen LogP contribution in [0.1, 0.15) is 17.2 Å². The predicted octanol–water partition coefficient (Wildman–Crippen LogP) is 1.89. The van der Waals surface area contributed by atoms with Crippen molar-refractivity contribution in [3.63, 3.8) is 0 Å². The molecule has 2 N–H and O–H groups in total. The molecule has 2 aromatic rings. The molecule has 0 bridgehead atoms. The van der Waals surface area contributed by atoms with Gasteiger partial charge in [-0.15, -0.1) is 0 Å². The lowest BCUT2D eigenvalue weighted by Gasteiger charge is -2.14. The molecule has 0 spiro atoms. The molecular formula is C17H15NO2. The van der Waals surface area contributed by atoms with Gasteiger partial charge in [-0.2, -0.15) is 0 Å². The molecule has 3 heteroatoms. The molecule has 0 saturated heterocycles. The molecule has 0 radical (unpaired) electrons. The lowest BCUT2D eigenvalue weighted by molar-refractivity contribution is -0.116. The summed E-state index contributed by atoms with van der Waals surface area (Å²) in [4.78, 5) is 11.8. The molecule has 0 fully saturated rings. The zero-order chi connectivity index (χ0) is 14.2. The number of hydrogen-bond donors (Lipinski definition) is 2. The van der Waals surface area contributed by atoms with E-state index >= 15 is 0 Å². The molecule has 0 saturated carbocycles. The van der Waals surface area contributed by atoms with E-state index in [9.17, 15) is 9.90 Å². The molecule has 0 aliphatic rings. The maximum Gasteiger partial charge on any atom is 0.296 e. The van der Waals surface area contributed by atoms with E-state index in [1.807, 2.05) is 60.7 Å². The number of aliphatic hydroxyl groups excluding tert-OH is 1. The van der Waals surface area contributed by atoms with E-state index in [4.69, 9.17) is 0 Å². The second-order valence-corrected chi connectivity index (χ2v) is 4.24. The van der Waals surface area contributed by atoms with Gasteiger partial charge in [0.1, 0.15) is 0 Å². The summed E-state index contributed by atoms with van der Waals surface area (Å²) in [5, 5.41) is 12.0. The number of benzene rings is 2. The molecule has 0 aliphatic carbocycles. The van der Waals surface area contributed by atoms with Crippen LogP contribution in [-0.4, -0.2) is 17.6 Å². The summed E-state index contributed by atoms with van der Waals surface area (Å²) in [6.45, 7) is -0.164. The highest BCUT2D eigenvalue weighted by Gasteiger charge is 2.11. The fourth-order valence-corrected chi connectivity index (χ4v) is 1.76. The van der Waals surface area contributed by atoms with Gasteiger partial charge < -0.3 is 10.4 Å². The molecule has 0 aromatic heterocycles. The second-order valence-electron chi connectivity index (χ2n) is 4.24. The molecule has 3 nitrogen and oxygen atoms in total.